The number of carboxylic acids is 1. The zero-order valence-corrected chi connectivity index (χ0v) is 36.5. The first-order valence-corrected chi connectivity index (χ1v) is 22.0. The average molecular weight is 891 g/mol. The van der Waals surface area contributed by atoms with E-state index in [1.54, 1.807) is 0 Å². The van der Waals surface area contributed by atoms with E-state index in [-0.39, 0.29) is 52.4 Å². The summed E-state index contributed by atoms with van der Waals surface area (Å²) in [5, 5.41) is 22.4. The Morgan fingerprint density at radius 3 is 1.56 bits per heavy atom. The lowest BCUT2D eigenvalue weighted by molar-refractivity contribution is -0.139. The van der Waals surface area contributed by atoms with Crippen LogP contribution in [0.3, 0.4) is 0 Å². The Morgan fingerprint density at radius 2 is 1.06 bits per heavy atom. The molecule has 340 valence electrons. The summed E-state index contributed by atoms with van der Waals surface area (Å²) in [6.07, 6.45) is -0.576. The van der Waals surface area contributed by atoms with E-state index in [9.17, 15) is 24.3 Å². The van der Waals surface area contributed by atoms with Crippen LogP contribution in [0.5, 0.6) is 11.5 Å². The number of hydrogen-bond donors (Lipinski definition) is 5. The Balaban J connectivity index is 1.19. The van der Waals surface area contributed by atoms with Crippen LogP contribution in [0.25, 0.3) is 11.1 Å². The van der Waals surface area contributed by atoms with Crippen LogP contribution in [0.15, 0.2) is 158 Å². The van der Waals surface area contributed by atoms with Crippen molar-refractivity contribution in [3.63, 3.8) is 0 Å². The number of hydrogen-bond acceptors (Lipinski definition) is 9. The van der Waals surface area contributed by atoms with Crippen molar-refractivity contribution in [3.8, 4) is 22.6 Å². The van der Waals surface area contributed by atoms with Crippen molar-refractivity contribution in [2.24, 2.45) is 0 Å². The second kappa shape index (κ2) is 23.9. The predicted octanol–water partition coefficient (Wildman–Crippen LogP) is 8.14. The molecule has 1 aliphatic rings. The molecular weight excluding hydrogens is 837 g/mol. The lowest BCUT2D eigenvalue weighted by Gasteiger charge is -2.26. The first kappa shape index (κ1) is 46.4. The summed E-state index contributed by atoms with van der Waals surface area (Å²) in [5.41, 5.74) is 6.40. The Kier molecular flexibility index (Phi) is 16.8. The van der Waals surface area contributed by atoms with E-state index < -0.39 is 42.2 Å². The van der Waals surface area contributed by atoms with Crippen molar-refractivity contribution in [3.05, 3.63) is 191 Å². The molecule has 13 nitrogen and oxygen atoms in total. The molecule has 0 spiro atoms. The first-order chi connectivity index (χ1) is 32.3. The SMILES string of the molecule is O=C(NCCC[C@H]1CN[C@H](C(=O)O)Cc2cc(ccc2OCc2ccccc2)-c2ccc(OCc3ccccc3)c(c2)CC(NC(=O)OCc2ccccc2)C(=O)N1)OCc1ccccc1. The Hall–Kier alpha value is -7.64. The van der Waals surface area contributed by atoms with Crippen LogP contribution in [0, 0.1) is 0 Å². The maximum Gasteiger partial charge on any atom is 0.408 e. The number of amides is 3. The van der Waals surface area contributed by atoms with Gasteiger partial charge in [0.2, 0.25) is 5.91 Å². The fraction of sp³-hybridized carbons (Fsp3) is 0.245. The second-order valence-electron chi connectivity index (χ2n) is 16.0. The summed E-state index contributed by atoms with van der Waals surface area (Å²) < 4.78 is 23.7. The highest BCUT2D eigenvalue weighted by Gasteiger charge is 2.28. The average Bonchev–Trinajstić information content (AvgIpc) is 3.35. The van der Waals surface area contributed by atoms with Gasteiger partial charge in [-0.1, -0.05) is 133 Å². The molecule has 1 unspecified atom stereocenters. The van der Waals surface area contributed by atoms with Crippen molar-refractivity contribution >= 4 is 24.1 Å². The number of ether oxygens (including phenoxy) is 4. The molecule has 1 heterocycles. The van der Waals surface area contributed by atoms with Crippen LogP contribution in [0.1, 0.15) is 46.2 Å². The molecule has 0 radical (unpaired) electrons. The van der Waals surface area contributed by atoms with Crippen molar-refractivity contribution in [2.45, 2.75) is 70.2 Å². The number of alkyl carbamates (subject to hydrolysis) is 2. The van der Waals surface area contributed by atoms with E-state index in [0.717, 1.165) is 33.4 Å². The predicted molar refractivity (Wildman–Crippen MR) is 250 cm³/mol. The smallest absolute Gasteiger partial charge is 0.408 e. The van der Waals surface area contributed by atoms with Gasteiger partial charge in [-0.15, -0.1) is 0 Å². The van der Waals surface area contributed by atoms with Crippen LogP contribution < -0.4 is 30.7 Å². The highest BCUT2D eigenvalue weighted by Crippen LogP contribution is 2.33. The molecule has 0 fully saturated rings. The molecule has 3 atom stereocenters. The number of benzene rings is 6. The number of aliphatic carboxylic acids is 1. The van der Waals surface area contributed by atoms with E-state index in [2.05, 4.69) is 21.3 Å². The topological polar surface area (TPSA) is 174 Å². The quantitative estimate of drug-likeness (QED) is 0.0598. The highest BCUT2D eigenvalue weighted by atomic mass is 16.6. The normalized spacial score (nSPS) is 16.0. The summed E-state index contributed by atoms with van der Waals surface area (Å²) in [7, 11) is 0. The van der Waals surface area contributed by atoms with Gasteiger partial charge in [-0.25, -0.2) is 9.59 Å². The van der Waals surface area contributed by atoms with Gasteiger partial charge in [0, 0.05) is 32.0 Å². The molecule has 7 rings (SSSR count). The minimum atomic E-state index is -1.15. The van der Waals surface area contributed by atoms with E-state index in [1.807, 2.05) is 158 Å². The first-order valence-electron chi connectivity index (χ1n) is 22.0. The van der Waals surface area contributed by atoms with Crippen molar-refractivity contribution in [1.29, 1.82) is 0 Å². The lowest BCUT2D eigenvalue weighted by atomic mass is 9.95. The van der Waals surface area contributed by atoms with E-state index >= 15 is 0 Å². The fourth-order valence-corrected chi connectivity index (χ4v) is 7.52. The molecule has 66 heavy (non-hydrogen) atoms. The van der Waals surface area contributed by atoms with Crippen LogP contribution >= 0.6 is 0 Å². The second-order valence-corrected chi connectivity index (χ2v) is 16.0. The molecule has 0 saturated heterocycles. The van der Waals surface area contributed by atoms with Crippen LogP contribution in [-0.4, -0.2) is 60.4 Å². The van der Waals surface area contributed by atoms with Crippen LogP contribution in [-0.2, 0) is 58.3 Å². The third-order valence-electron chi connectivity index (χ3n) is 11.1. The third-order valence-corrected chi connectivity index (χ3v) is 11.1. The summed E-state index contributed by atoms with van der Waals surface area (Å²) in [6.45, 7) is 0.897. The largest absolute Gasteiger partial charge is 0.489 e. The Bertz CT molecular complexity index is 2510. The number of carbonyl (C=O) groups excluding carboxylic acids is 3. The van der Waals surface area contributed by atoms with Gasteiger partial charge in [0.15, 0.2) is 0 Å². The van der Waals surface area contributed by atoms with E-state index in [1.165, 1.54) is 0 Å². The van der Waals surface area contributed by atoms with Gasteiger partial charge >= 0.3 is 18.2 Å². The Morgan fingerprint density at radius 1 is 0.591 bits per heavy atom. The molecule has 13 heteroatoms. The van der Waals surface area contributed by atoms with Gasteiger partial charge in [-0.2, -0.15) is 0 Å². The molecule has 0 aromatic heterocycles. The lowest BCUT2D eigenvalue weighted by Crippen LogP contribution is -2.54. The van der Waals surface area contributed by atoms with Gasteiger partial charge in [-0.05, 0) is 81.6 Å². The number of rotatable bonds is 16. The maximum atomic E-state index is 14.5. The summed E-state index contributed by atoms with van der Waals surface area (Å²) in [6, 6.07) is 46.5. The monoisotopic (exact) mass is 890 g/mol. The summed E-state index contributed by atoms with van der Waals surface area (Å²) in [4.78, 5) is 53.6. The van der Waals surface area contributed by atoms with Gasteiger partial charge in [0.1, 0.15) is 50.0 Å². The van der Waals surface area contributed by atoms with Crippen molar-refractivity contribution in [1.82, 2.24) is 21.3 Å². The summed E-state index contributed by atoms with van der Waals surface area (Å²) in [5.74, 6) is -0.556. The standard InChI is InChI=1S/C53H54N4O9/c58-50-46(57-53(62)66-36-40-20-11-4-12-21-40)30-43-28-41(23-25-48(43)63-33-37-14-5-1-6-15-37)42-24-26-49(64-34-38-16-7-2-8-17-38)44(29-42)31-47(51(59)60)55-32-45(56-50)22-13-27-54-52(61)65-35-39-18-9-3-10-19-39/h1-12,14-21,23-26,28-29,45-47,55H,13,22,27,30-36H2,(H,54,61)(H,56,58)(H,57,62)(H,59,60)/t45-,46?,47-/m0/s1. The summed E-state index contributed by atoms with van der Waals surface area (Å²) >= 11 is 0. The van der Waals surface area contributed by atoms with Crippen molar-refractivity contribution < 1.29 is 43.2 Å². The zero-order chi connectivity index (χ0) is 45.9. The van der Waals surface area contributed by atoms with Crippen molar-refractivity contribution in [2.75, 3.05) is 13.1 Å². The molecule has 1 aliphatic heterocycles. The minimum Gasteiger partial charge on any atom is -0.489 e. The Labute approximate surface area is 384 Å². The van der Waals surface area contributed by atoms with E-state index in [4.69, 9.17) is 18.9 Å². The third kappa shape index (κ3) is 14.2. The highest BCUT2D eigenvalue weighted by molar-refractivity contribution is 5.86. The molecule has 4 bridgehead atoms. The van der Waals surface area contributed by atoms with Crippen LogP contribution in [0.2, 0.25) is 0 Å². The number of fused-ring (bicyclic) bond motifs is 5. The van der Waals surface area contributed by atoms with Crippen LogP contribution in [0.4, 0.5) is 9.59 Å². The maximum absolute atomic E-state index is 14.5. The molecule has 3 amide bonds. The molecule has 6 aromatic carbocycles. The van der Waals surface area contributed by atoms with Gasteiger partial charge in [0.25, 0.3) is 0 Å². The number of carbonyl (C=O) groups is 4. The van der Waals surface area contributed by atoms with E-state index in [0.29, 0.717) is 35.5 Å². The molecule has 0 aliphatic carbocycles. The number of carboxylic acid groups (broad SMARTS) is 1. The van der Waals surface area contributed by atoms with Gasteiger partial charge in [0.05, 0.1) is 0 Å². The van der Waals surface area contributed by atoms with Gasteiger partial charge in [-0.3, -0.25) is 9.59 Å². The molecule has 6 aromatic rings. The number of nitrogens with one attached hydrogen (secondary N) is 4. The molecular formula is C53H54N4O9. The zero-order valence-electron chi connectivity index (χ0n) is 36.5. The fourth-order valence-electron chi connectivity index (χ4n) is 7.52. The minimum absolute atomic E-state index is 0.0147. The molecule has 5 N–H and O–H groups in total. The molecule has 0 saturated carbocycles. The van der Waals surface area contributed by atoms with Gasteiger partial charge < -0.3 is 45.3 Å².